The van der Waals surface area contributed by atoms with Crippen LogP contribution in [-0.4, -0.2) is 19.6 Å². The number of hydrogen-bond acceptors (Lipinski definition) is 4. The first kappa shape index (κ1) is 15.0. The topological polar surface area (TPSA) is 92.4 Å². The highest BCUT2D eigenvalue weighted by atomic mass is 32.2. The summed E-state index contributed by atoms with van der Waals surface area (Å²) < 4.78 is 27.6. The van der Waals surface area contributed by atoms with Gasteiger partial charge < -0.3 is 10.8 Å². The maximum absolute atomic E-state index is 12.5. The summed E-state index contributed by atoms with van der Waals surface area (Å²) in [5, 5.41) is 10.2. The first-order chi connectivity index (χ1) is 10.4. The molecule has 0 aromatic heterocycles. The number of sulfonamides is 1. The Kier molecular flexibility index (Phi) is 3.68. The van der Waals surface area contributed by atoms with Crippen molar-refractivity contribution < 1.29 is 13.5 Å². The van der Waals surface area contributed by atoms with Crippen molar-refractivity contribution in [3.05, 3.63) is 59.2 Å². The Labute approximate surface area is 129 Å². The SMILES string of the molecule is Cc1ccc(S(=O)(=O)NC2c3cc(N)ccc3CC2O)cc1. The molecular formula is C16H18N2O3S. The predicted octanol–water partition coefficient (Wildman–Crippen LogP) is 1.51. The Morgan fingerprint density at radius 1 is 1.18 bits per heavy atom. The Morgan fingerprint density at radius 3 is 2.55 bits per heavy atom. The fourth-order valence-corrected chi connectivity index (χ4v) is 3.98. The number of aliphatic hydroxyl groups is 1. The Bertz CT molecular complexity index is 801. The molecule has 3 rings (SSSR count). The van der Waals surface area contributed by atoms with E-state index in [1.54, 1.807) is 36.4 Å². The maximum Gasteiger partial charge on any atom is 0.241 e. The second kappa shape index (κ2) is 5.39. The van der Waals surface area contributed by atoms with Crippen molar-refractivity contribution >= 4 is 15.7 Å². The summed E-state index contributed by atoms with van der Waals surface area (Å²) in [6.45, 7) is 1.89. The van der Waals surface area contributed by atoms with Crippen molar-refractivity contribution in [1.29, 1.82) is 0 Å². The third-order valence-corrected chi connectivity index (χ3v) is 5.39. The van der Waals surface area contributed by atoms with Gasteiger partial charge in [0.15, 0.2) is 0 Å². The number of nitrogens with one attached hydrogen (secondary N) is 1. The van der Waals surface area contributed by atoms with E-state index in [0.717, 1.165) is 16.7 Å². The highest BCUT2D eigenvalue weighted by Crippen LogP contribution is 2.34. The van der Waals surface area contributed by atoms with E-state index in [4.69, 9.17) is 5.73 Å². The Morgan fingerprint density at radius 2 is 1.86 bits per heavy atom. The van der Waals surface area contributed by atoms with Crippen molar-refractivity contribution in [2.45, 2.75) is 30.4 Å². The highest BCUT2D eigenvalue weighted by Gasteiger charge is 2.34. The quantitative estimate of drug-likeness (QED) is 0.748. The summed E-state index contributed by atoms with van der Waals surface area (Å²) in [7, 11) is -3.70. The molecule has 0 aliphatic heterocycles. The number of hydrogen-bond donors (Lipinski definition) is 3. The summed E-state index contributed by atoms with van der Waals surface area (Å²) in [6.07, 6.45) is -0.381. The lowest BCUT2D eigenvalue weighted by atomic mass is 10.1. The van der Waals surface area contributed by atoms with Crippen LogP contribution in [0.5, 0.6) is 0 Å². The van der Waals surface area contributed by atoms with E-state index in [2.05, 4.69) is 4.72 Å². The number of fused-ring (bicyclic) bond motifs is 1. The van der Waals surface area contributed by atoms with Crippen molar-refractivity contribution in [2.24, 2.45) is 0 Å². The molecule has 0 saturated carbocycles. The lowest BCUT2D eigenvalue weighted by Crippen LogP contribution is -2.33. The number of aliphatic hydroxyl groups excluding tert-OH is 1. The zero-order valence-electron chi connectivity index (χ0n) is 12.2. The van der Waals surface area contributed by atoms with E-state index in [1.807, 2.05) is 13.0 Å². The van der Waals surface area contributed by atoms with Crippen LogP contribution in [0.1, 0.15) is 22.7 Å². The number of rotatable bonds is 3. The van der Waals surface area contributed by atoms with E-state index < -0.39 is 22.2 Å². The molecule has 5 nitrogen and oxygen atoms in total. The zero-order valence-corrected chi connectivity index (χ0v) is 13.0. The lowest BCUT2D eigenvalue weighted by molar-refractivity contribution is 0.151. The molecule has 0 spiro atoms. The largest absolute Gasteiger partial charge is 0.399 e. The van der Waals surface area contributed by atoms with Crippen LogP contribution >= 0.6 is 0 Å². The third-order valence-electron chi connectivity index (χ3n) is 3.93. The van der Waals surface area contributed by atoms with Crippen molar-refractivity contribution in [3.63, 3.8) is 0 Å². The molecule has 0 radical (unpaired) electrons. The summed E-state index contributed by atoms with van der Waals surface area (Å²) in [5.74, 6) is 0. The molecule has 116 valence electrons. The molecule has 0 fully saturated rings. The molecule has 6 heteroatoms. The van der Waals surface area contributed by atoms with E-state index in [9.17, 15) is 13.5 Å². The molecule has 4 N–H and O–H groups in total. The molecule has 0 saturated heterocycles. The van der Waals surface area contributed by atoms with Gasteiger partial charge in [-0.15, -0.1) is 0 Å². The molecule has 2 aromatic rings. The maximum atomic E-state index is 12.5. The zero-order chi connectivity index (χ0) is 15.9. The van der Waals surface area contributed by atoms with Crippen LogP contribution < -0.4 is 10.5 Å². The van der Waals surface area contributed by atoms with Crippen molar-refractivity contribution in [3.8, 4) is 0 Å². The van der Waals surface area contributed by atoms with Crippen LogP contribution in [0.3, 0.4) is 0 Å². The summed E-state index contributed by atoms with van der Waals surface area (Å²) in [4.78, 5) is 0.183. The lowest BCUT2D eigenvalue weighted by Gasteiger charge is -2.18. The van der Waals surface area contributed by atoms with Gasteiger partial charge >= 0.3 is 0 Å². The summed E-state index contributed by atoms with van der Waals surface area (Å²) >= 11 is 0. The van der Waals surface area contributed by atoms with Gasteiger partial charge in [-0.2, -0.15) is 0 Å². The molecular weight excluding hydrogens is 300 g/mol. The van der Waals surface area contributed by atoms with Gasteiger partial charge in [0, 0.05) is 12.1 Å². The molecule has 1 aliphatic rings. The average molecular weight is 318 g/mol. The molecule has 2 unspecified atom stereocenters. The van der Waals surface area contributed by atoms with Gasteiger partial charge in [0.2, 0.25) is 10.0 Å². The van der Waals surface area contributed by atoms with Crippen LogP contribution in [0.25, 0.3) is 0 Å². The Hall–Kier alpha value is -1.89. The molecule has 2 atom stereocenters. The monoisotopic (exact) mass is 318 g/mol. The average Bonchev–Trinajstić information content (AvgIpc) is 2.75. The summed E-state index contributed by atoms with van der Waals surface area (Å²) in [6, 6.07) is 11.2. The van der Waals surface area contributed by atoms with E-state index in [-0.39, 0.29) is 4.90 Å². The number of aryl methyl sites for hydroxylation is 1. The van der Waals surface area contributed by atoms with Crippen LogP contribution in [-0.2, 0) is 16.4 Å². The fourth-order valence-electron chi connectivity index (χ4n) is 2.73. The minimum atomic E-state index is -3.70. The van der Waals surface area contributed by atoms with Gasteiger partial charge in [-0.25, -0.2) is 13.1 Å². The molecule has 0 bridgehead atoms. The standard InChI is InChI=1S/C16H18N2O3S/c1-10-2-6-13(7-3-10)22(20,21)18-16-14-9-12(17)5-4-11(14)8-15(16)19/h2-7,9,15-16,18-19H,8,17H2,1H3. The van der Waals surface area contributed by atoms with E-state index >= 15 is 0 Å². The number of nitrogen functional groups attached to an aromatic ring is 1. The van der Waals surface area contributed by atoms with E-state index in [1.165, 1.54) is 0 Å². The van der Waals surface area contributed by atoms with Gasteiger partial charge in [-0.05, 0) is 42.3 Å². The number of benzene rings is 2. The third kappa shape index (κ3) is 2.72. The van der Waals surface area contributed by atoms with Crippen molar-refractivity contribution in [2.75, 3.05) is 5.73 Å². The number of anilines is 1. The van der Waals surface area contributed by atoms with Crippen LogP contribution in [0.4, 0.5) is 5.69 Å². The van der Waals surface area contributed by atoms with Crippen LogP contribution in [0, 0.1) is 6.92 Å². The predicted molar refractivity (Wildman–Crippen MR) is 84.8 cm³/mol. The molecule has 2 aromatic carbocycles. The molecule has 1 aliphatic carbocycles. The fraction of sp³-hybridized carbons (Fsp3) is 0.250. The van der Waals surface area contributed by atoms with Gasteiger partial charge in [-0.3, -0.25) is 0 Å². The van der Waals surface area contributed by atoms with Crippen molar-refractivity contribution in [1.82, 2.24) is 4.72 Å². The molecule has 22 heavy (non-hydrogen) atoms. The first-order valence-electron chi connectivity index (χ1n) is 7.02. The summed E-state index contributed by atoms with van der Waals surface area (Å²) in [5.41, 5.74) is 8.96. The molecule has 0 amide bonds. The van der Waals surface area contributed by atoms with Gasteiger partial charge in [0.1, 0.15) is 0 Å². The van der Waals surface area contributed by atoms with Crippen LogP contribution in [0.15, 0.2) is 47.4 Å². The van der Waals surface area contributed by atoms with E-state index in [0.29, 0.717) is 12.1 Å². The second-order valence-electron chi connectivity index (χ2n) is 5.64. The molecule has 0 heterocycles. The second-order valence-corrected chi connectivity index (χ2v) is 7.36. The normalized spacial score (nSPS) is 20.8. The van der Waals surface area contributed by atoms with Gasteiger partial charge in [0.25, 0.3) is 0 Å². The van der Waals surface area contributed by atoms with Gasteiger partial charge in [-0.1, -0.05) is 23.8 Å². The first-order valence-corrected chi connectivity index (χ1v) is 8.50. The highest BCUT2D eigenvalue weighted by molar-refractivity contribution is 7.89. The number of nitrogens with two attached hydrogens (primary N) is 1. The Balaban J connectivity index is 1.93. The minimum absolute atomic E-state index is 0.183. The minimum Gasteiger partial charge on any atom is -0.399 e. The van der Waals surface area contributed by atoms with Crippen LogP contribution in [0.2, 0.25) is 0 Å². The van der Waals surface area contributed by atoms with Gasteiger partial charge in [0.05, 0.1) is 17.0 Å². The smallest absolute Gasteiger partial charge is 0.241 e.